The fourth-order valence-corrected chi connectivity index (χ4v) is 2.99. The summed E-state index contributed by atoms with van der Waals surface area (Å²) in [6.45, 7) is 3.45. The van der Waals surface area contributed by atoms with Crippen molar-refractivity contribution in [2.75, 3.05) is 18.0 Å². The fraction of sp³-hybridized carbons (Fsp3) is 0.500. The summed E-state index contributed by atoms with van der Waals surface area (Å²) in [6, 6.07) is 0.297. The molecule has 1 aliphatic heterocycles. The van der Waals surface area contributed by atoms with Crippen molar-refractivity contribution in [3.63, 3.8) is 0 Å². The third-order valence-electron chi connectivity index (χ3n) is 4.30. The van der Waals surface area contributed by atoms with Crippen LogP contribution in [0.25, 0.3) is 11.2 Å². The van der Waals surface area contributed by atoms with Crippen molar-refractivity contribution < 1.29 is 5.11 Å². The second-order valence-corrected chi connectivity index (χ2v) is 5.82. The van der Waals surface area contributed by atoms with Crippen LogP contribution in [-0.4, -0.2) is 53.1 Å². The largest absolute Gasteiger partial charge is 0.387 e. The molecule has 3 aromatic rings. The maximum absolute atomic E-state index is 9.56. The molecule has 1 fully saturated rings. The van der Waals surface area contributed by atoms with Crippen molar-refractivity contribution >= 4 is 17.0 Å². The minimum Gasteiger partial charge on any atom is -0.387 e. The Morgan fingerprint density at radius 1 is 1.26 bits per heavy atom. The quantitative estimate of drug-likeness (QED) is 0.737. The van der Waals surface area contributed by atoms with Crippen LogP contribution in [0.2, 0.25) is 0 Å². The molecule has 1 atom stereocenters. The molecule has 4 heterocycles. The summed E-state index contributed by atoms with van der Waals surface area (Å²) in [5, 5.41) is 17.7. The number of hydrogen-bond donors (Lipinski definition) is 2. The molecule has 0 aliphatic carbocycles. The van der Waals surface area contributed by atoms with Crippen LogP contribution in [0.3, 0.4) is 0 Å². The zero-order chi connectivity index (χ0) is 15.8. The highest BCUT2D eigenvalue weighted by Crippen LogP contribution is 2.28. The van der Waals surface area contributed by atoms with Gasteiger partial charge in [-0.25, -0.2) is 19.6 Å². The Morgan fingerprint density at radius 3 is 2.83 bits per heavy atom. The second kappa shape index (κ2) is 5.58. The average Bonchev–Trinajstić information content (AvgIpc) is 3.24. The van der Waals surface area contributed by atoms with Gasteiger partial charge in [-0.15, -0.1) is 5.10 Å². The topological polar surface area (TPSA) is 109 Å². The first-order chi connectivity index (χ1) is 11.2. The van der Waals surface area contributed by atoms with E-state index >= 15 is 0 Å². The molecule has 0 spiro atoms. The Balaban J connectivity index is 1.49. The highest BCUT2D eigenvalue weighted by atomic mass is 16.3. The van der Waals surface area contributed by atoms with E-state index in [0.717, 1.165) is 37.3 Å². The van der Waals surface area contributed by atoms with Gasteiger partial charge in [0.25, 0.3) is 0 Å². The number of aliphatic hydroxyl groups excluding tert-OH is 1. The highest BCUT2D eigenvalue weighted by Gasteiger charge is 2.24. The van der Waals surface area contributed by atoms with Crippen molar-refractivity contribution in [3.8, 4) is 0 Å². The molecule has 23 heavy (non-hydrogen) atoms. The van der Waals surface area contributed by atoms with Gasteiger partial charge in [-0.05, 0) is 19.8 Å². The Bertz CT molecular complexity index is 802. The predicted molar refractivity (Wildman–Crippen MR) is 82.8 cm³/mol. The molecule has 0 saturated carbocycles. The lowest BCUT2D eigenvalue weighted by Crippen LogP contribution is -2.35. The van der Waals surface area contributed by atoms with Gasteiger partial charge in [-0.3, -0.25) is 0 Å². The van der Waals surface area contributed by atoms with Gasteiger partial charge in [0.05, 0.1) is 24.7 Å². The Morgan fingerprint density at radius 2 is 2.09 bits per heavy atom. The van der Waals surface area contributed by atoms with E-state index in [0.29, 0.717) is 17.4 Å². The van der Waals surface area contributed by atoms with Crippen LogP contribution in [-0.2, 0) is 0 Å². The Kier molecular flexibility index (Phi) is 3.41. The number of aromatic nitrogens is 7. The van der Waals surface area contributed by atoms with Crippen LogP contribution < -0.4 is 4.90 Å². The maximum Gasteiger partial charge on any atom is 0.182 e. The minimum atomic E-state index is -0.585. The molecule has 9 nitrogen and oxygen atoms in total. The van der Waals surface area contributed by atoms with Crippen LogP contribution in [0.1, 0.15) is 37.6 Å². The third kappa shape index (κ3) is 2.52. The molecule has 120 valence electrons. The Hall–Kier alpha value is -2.55. The molecule has 1 saturated heterocycles. The minimum absolute atomic E-state index is 0.297. The van der Waals surface area contributed by atoms with Gasteiger partial charge in [0.2, 0.25) is 0 Å². The molecule has 0 radical (unpaired) electrons. The molecule has 0 amide bonds. The van der Waals surface area contributed by atoms with Crippen LogP contribution in [0.4, 0.5) is 5.82 Å². The average molecular weight is 314 g/mol. The molecule has 0 bridgehead atoms. The molecule has 1 aliphatic rings. The normalized spacial score (nSPS) is 17.7. The van der Waals surface area contributed by atoms with E-state index in [2.05, 4.69) is 35.1 Å². The number of piperidine rings is 1. The zero-order valence-electron chi connectivity index (χ0n) is 12.8. The summed E-state index contributed by atoms with van der Waals surface area (Å²) in [5.74, 6) is 0.897. The standard InChI is InChI=1S/C14H18N8O/c1-9(23)11-6-22(20-19-11)10-2-4-21(5-3-10)14-12-13(16-7-15-12)17-8-18-14/h6-10,23H,2-5H2,1H3,(H,15,16,17,18)/t9-/m1/s1. The molecule has 0 unspecified atom stereocenters. The van der Waals surface area contributed by atoms with Crippen molar-refractivity contribution in [2.45, 2.75) is 31.9 Å². The summed E-state index contributed by atoms with van der Waals surface area (Å²) in [7, 11) is 0. The van der Waals surface area contributed by atoms with Gasteiger partial charge in [-0.2, -0.15) is 0 Å². The van der Waals surface area contributed by atoms with E-state index in [4.69, 9.17) is 0 Å². The third-order valence-corrected chi connectivity index (χ3v) is 4.30. The summed E-state index contributed by atoms with van der Waals surface area (Å²) in [6.07, 6.45) is 6.34. The monoisotopic (exact) mass is 314 g/mol. The summed E-state index contributed by atoms with van der Waals surface area (Å²) in [4.78, 5) is 18.1. The van der Waals surface area contributed by atoms with Crippen molar-refractivity contribution in [3.05, 3.63) is 24.5 Å². The van der Waals surface area contributed by atoms with Crippen LogP contribution in [0.15, 0.2) is 18.9 Å². The van der Waals surface area contributed by atoms with E-state index in [1.54, 1.807) is 19.6 Å². The smallest absolute Gasteiger partial charge is 0.182 e. The molecule has 2 N–H and O–H groups in total. The van der Waals surface area contributed by atoms with E-state index in [9.17, 15) is 5.11 Å². The predicted octanol–water partition coefficient (Wildman–Crippen LogP) is 0.839. The SMILES string of the molecule is C[C@@H](O)c1cn(C2CCN(c3ncnc4nc[nH]c34)CC2)nn1. The number of aliphatic hydroxyl groups is 1. The molecule has 9 heteroatoms. The summed E-state index contributed by atoms with van der Waals surface area (Å²) in [5.41, 5.74) is 2.18. The van der Waals surface area contributed by atoms with Crippen molar-refractivity contribution in [1.29, 1.82) is 0 Å². The number of H-pyrrole nitrogens is 1. The first kappa shape index (κ1) is 14.1. The number of anilines is 1. The number of nitrogens with zero attached hydrogens (tertiary/aromatic N) is 7. The van der Waals surface area contributed by atoms with Crippen molar-refractivity contribution in [2.24, 2.45) is 0 Å². The van der Waals surface area contributed by atoms with E-state index in [1.165, 1.54) is 0 Å². The molecule has 3 aromatic heterocycles. The van der Waals surface area contributed by atoms with E-state index in [1.807, 2.05) is 10.9 Å². The van der Waals surface area contributed by atoms with Gasteiger partial charge < -0.3 is 15.0 Å². The molecular formula is C14H18N8O. The lowest BCUT2D eigenvalue weighted by molar-refractivity contribution is 0.194. The highest BCUT2D eigenvalue weighted by molar-refractivity contribution is 5.82. The lowest BCUT2D eigenvalue weighted by Gasteiger charge is -2.32. The van der Waals surface area contributed by atoms with Crippen LogP contribution in [0.5, 0.6) is 0 Å². The number of fused-ring (bicyclic) bond motifs is 1. The Labute approximate surface area is 132 Å². The summed E-state index contributed by atoms with van der Waals surface area (Å²) >= 11 is 0. The van der Waals surface area contributed by atoms with Crippen LogP contribution in [0, 0.1) is 0 Å². The number of nitrogens with one attached hydrogen (secondary N) is 1. The molecule has 0 aromatic carbocycles. The van der Waals surface area contributed by atoms with E-state index in [-0.39, 0.29) is 0 Å². The van der Waals surface area contributed by atoms with Gasteiger partial charge in [-0.1, -0.05) is 5.21 Å². The summed E-state index contributed by atoms with van der Waals surface area (Å²) < 4.78 is 1.87. The zero-order valence-corrected chi connectivity index (χ0v) is 12.8. The van der Waals surface area contributed by atoms with Gasteiger partial charge in [0.15, 0.2) is 11.5 Å². The number of imidazole rings is 1. The first-order valence-electron chi connectivity index (χ1n) is 7.71. The molecular weight excluding hydrogens is 296 g/mol. The van der Waals surface area contributed by atoms with Gasteiger partial charge in [0, 0.05) is 13.1 Å². The second-order valence-electron chi connectivity index (χ2n) is 5.82. The number of hydrogen-bond acceptors (Lipinski definition) is 7. The maximum atomic E-state index is 9.56. The van der Waals surface area contributed by atoms with Gasteiger partial charge in [0.1, 0.15) is 17.5 Å². The lowest BCUT2D eigenvalue weighted by atomic mass is 10.1. The first-order valence-corrected chi connectivity index (χ1v) is 7.71. The number of aromatic amines is 1. The van der Waals surface area contributed by atoms with Crippen molar-refractivity contribution in [1.82, 2.24) is 34.9 Å². The van der Waals surface area contributed by atoms with Gasteiger partial charge >= 0.3 is 0 Å². The molecule has 4 rings (SSSR count). The van der Waals surface area contributed by atoms with Crippen LogP contribution >= 0.6 is 0 Å². The van der Waals surface area contributed by atoms with E-state index < -0.39 is 6.10 Å². The fourth-order valence-electron chi connectivity index (χ4n) is 2.99. The number of rotatable bonds is 3.